The minimum atomic E-state index is 0.0414. The summed E-state index contributed by atoms with van der Waals surface area (Å²) in [5, 5.41) is 3.64. The van der Waals surface area contributed by atoms with Crippen LogP contribution in [-0.4, -0.2) is 15.0 Å². The first-order valence-electron chi connectivity index (χ1n) is 4.75. The highest BCUT2D eigenvalue weighted by Gasteiger charge is 2.05. The predicted molar refractivity (Wildman–Crippen MR) is 68.7 cm³/mol. The van der Waals surface area contributed by atoms with Crippen molar-refractivity contribution in [2.45, 2.75) is 6.92 Å². The van der Waals surface area contributed by atoms with Crippen LogP contribution in [0.1, 0.15) is 5.56 Å². The fourth-order valence-corrected chi connectivity index (χ4v) is 1.61. The Kier molecular flexibility index (Phi) is 3.31. The Morgan fingerprint density at radius 3 is 2.65 bits per heavy atom. The summed E-state index contributed by atoms with van der Waals surface area (Å²) in [6.45, 7) is 1.94. The molecule has 3 N–H and O–H groups in total. The van der Waals surface area contributed by atoms with Crippen molar-refractivity contribution in [2.24, 2.45) is 0 Å². The third-order valence-corrected chi connectivity index (χ3v) is 2.48. The molecule has 0 saturated carbocycles. The van der Waals surface area contributed by atoms with Crippen LogP contribution in [0.5, 0.6) is 0 Å². The van der Waals surface area contributed by atoms with Gasteiger partial charge in [0.1, 0.15) is 0 Å². The maximum Gasteiger partial charge on any atom is 0.233 e. The zero-order valence-corrected chi connectivity index (χ0v) is 10.4. The van der Waals surface area contributed by atoms with Crippen LogP contribution in [0.4, 0.5) is 17.6 Å². The second-order valence-corrected chi connectivity index (χ2v) is 4.14. The SMILES string of the molecule is Cc1ccc(Cl)cc1Nc1nc(N)nc(Cl)n1. The smallest absolute Gasteiger partial charge is 0.233 e. The molecule has 0 aliphatic heterocycles. The standard InChI is InChI=1S/C10H9Cl2N5/c1-5-2-3-6(11)4-7(5)14-10-16-8(12)15-9(13)17-10/h2-4H,1H3,(H3,13,14,15,16,17). The van der Waals surface area contributed by atoms with Crippen LogP contribution in [0.15, 0.2) is 18.2 Å². The number of benzene rings is 1. The van der Waals surface area contributed by atoms with Gasteiger partial charge in [-0.2, -0.15) is 15.0 Å². The summed E-state index contributed by atoms with van der Waals surface area (Å²) < 4.78 is 0. The maximum absolute atomic E-state index is 5.90. The summed E-state index contributed by atoms with van der Waals surface area (Å²) in [6, 6.07) is 5.46. The number of halogens is 2. The van der Waals surface area contributed by atoms with Gasteiger partial charge in [0.2, 0.25) is 17.2 Å². The van der Waals surface area contributed by atoms with Crippen molar-refractivity contribution in [1.82, 2.24) is 15.0 Å². The van der Waals surface area contributed by atoms with Gasteiger partial charge >= 0.3 is 0 Å². The van der Waals surface area contributed by atoms with Gasteiger partial charge in [0.15, 0.2) is 0 Å². The number of anilines is 3. The molecule has 1 aromatic heterocycles. The topological polar surface area (TPSA) is 76.7 Å². The van der Waals surface area contributed by atoms with Crippen LogP contribution in [0.2, 0.25) is 10.3 Å². The van der Waals surface area contributed by atoms with Crippen molar-refractivity contribution in [1.29, 1.82) is 0 Å². The normalized spacial score (nSPS) is 10.3. The molecule has 1 heterocycles. The largest absolute Gasteiger partial charge is 0.368 e. The molecule has 0 aliphatic carbocycles. The van der Waals surface area contributed by atoms with E-state index < -0.39 is 0 Å². The van der Waals surface area contributed by atoms with Crippen LogP contribution >= 0.6 is 23.2 Å². The van der Waals surface area contributed by atoms with E-state index in [0.717, 1.165) is 11.3 Å². The molecule has 0 saturated heterocycles. The monoisotopic (exact) mass is 269 g/mol. The first-order chi connectivity index (χ1) is 8.04. The number of nitrogens with two attached hydrogens (primary N) is 1. The minimum absolute atomic E-state index is 0.0414. The van der Waals surface area contributed by atoms with Crippen LogP contribution in [-0.2, 0) is 0 Å². The molecule has 0 aliphatic rings. The van der Waals surface area contributed by atoms with Crippen molar-refractivity contribution in [2.75, 3.05) is 11.1 Å². The van der Waals surface area contributed by atoms with E-state index in [4.69, 9.17) is 28.9 Å². The molecule has 17 heavy (non-hydrogen) atoms. The number of nitrogens with one attached hydrogen (secondary N) is 1. The van der Waals surface area contributed by atoms with E-state index in [2.05, 4.69) is 20.3 Å². The highest BCUT2D eigenvalue weighted by molar-refractivity contribution is 6.30. The van der Waals surface area contributed by atoms with Crippen LogP contribution in [0.25, 0.3) is 0 Å². The number of aromatic nitrogens is 3. The lowest BCUT2D eigenvalue weighted by molar-refractivity contribution is 1.07. The number of hydrogen-bond acceptors (Lipinski definition) is 5. The molecule has 1 aromatic carbocycles. The highest BCUT2D eigenvalue weighted by Crippen LogP contribution is 2.23. The first kappa shape index (κ1) is 11.9. The van der Waals surface area contributed by atoms with Crippen LogP contribution in [0.3, 0.4) is 0 Å². The first-order valence-corrected chi connectivity index (χ1v) is 5.50. The van der Waals surface area contributed by atoms with E-state index in [1.807, 2.05) is 13.0 Å². The van der Waals surface area contributed by atoms with Crippen LogP contribution < -0.4 is 11.1 Å². The minimum Gasteiger partial charge on any atom is -0.368 e. The van der Waals surface area contributed by atoms with Crippen molar-refractivity contribution in [3.8, 4) is 0 Å². The second-order valence-electron chi connectivity index (χ2n) is 3.37. The average molecular weight is 270 g/mol. The Balaban J connectivity index is 2.34. The molecule has 0 radical (unpaired) electrons. The molecule has 2 rings (SSSR count). The van der Waals surface area contributed by atoms with Gasteiger partial charge in [0.05, 0.1) is 0 Å². The lowest BCUT2D eigenvalue weighted by Crippen LogP contribution is -2.04. The van der Waals surface area contributed by atoms with Crippen molar-refractivity contribution >= 4 is 40.8 Å². The summed E-state index contributed by atoms with van der Waals surface area (Å²) in [5.41, 5.74) is 7.26. The molecule has 0 fully saturated rings. The number of nitrogens with zero attached hydrogens (tertiary/aromatic N) is 3. The zero-order valence-electron chi connectivity index (χ0n) is 8.91. The number of hydrogen-bond donors (Lipinski definition) is 2. The summed E-state index contributed by atoms with van der Waals surface area (Å²) in [4.78, 5) is 11.5. The van der Waals surface area contributed by atoms with E-state index >= 15 is 0 Å². The van der Waals surface area contributed by atoms with Gasteiger partial charge in [0.25, 0.3) is 0 Å². The van der Waals surface area contributed by atoms with Crippen molar-refractivity contribution in [3.05, 3.63) is 34.1 Å². The Hall–Kier alpha value is -1.59. The molecule has 0 atom stereocenters. The van der Waals surface area contributed by atoms with Crippen LogP contribution in [0, 0.1) is 6.92 Å². The molecular formula is C10H9Cl2N5. The molecule has 2 aromatic rings. The third-order valence-electron chi connectivity index (χ3n) is 2.07. The molecule has 7 heteroatoms. The Labute approximate surface area is 108 Å². The van der Waals surface area contributed by atoms with Gasteiger partial charge in [-0.3, -0.25) is 0 Å². The summed E-state index contributed by atoms with van der Waals surface area (Å²) >= 11 is 11.6. The van der Waals surface area contributed by atoms with E-state index in [1.54, 1.807) is 12.1 Å². The quantitative estimate of drug-likeness (QED) is 0.877. The van der Waals surface area contributed by atoms with E-state index in [1.165, 1.54) is 0 Å². The van der Waals surface area contributed by atoms with Gasteiger partial charge in [-0.15, -0.1) is 0 Å². The van der Waals surface area contributed by atoms with E-state index in [9.17, 15) is 0 Å². The number of aryl methyl sites for hydroxylation is 1. The van der Waals surface area contributed by atoms with Gasteiger partial charge in [-0.1, -0.05) is 17.7 Å². The van der Waals surface area contributed by atoms with Gasteiger partial charge < -0.3 is 11.1 Å². The van der Waals surface area contributed by atoms with Gasteiger partial charge in [-0.05, 0) is 36.2 Å². The summed E-state index contributed by atoms with van der Waals surface area (Å²) in [6.07, 6.45) is 0. The zero-order chi connectivity index (χ0) is 12.4. The highest BCUT2D eigenvalue weighted by atomic mass is 35.5. The Bertz CT molecular complexity index is 538. The third kappa shape index (κ3) is 2.95. The lowest BCUT2D eigenvalue weighted by atomic mass is 10.2. The lowest BCUT2D eigenvalue weighted by Gasteiger charge is -2.08. The van der Waals surface area contributed by atoms with Gasteiger partial charge in [-0.25, -0.2) is 0 Å². The Morgan fingerprint density at radius 1 is 1.18 bits per heavy atom. The molecule has 0 spiro atoms. The molecule has 88 valence electrons. The fourth-order valence-electron chi connectivity index (χ4n) is 1.27. The molecular weight excluding hydrogens is 261 g/mol. The van der Waals surface area contributed by atoms with Crippen molar-refractivity contribution in [3.63, 3.8) is 0 Å². The Morgan fingerprint density at radius 2 is 1.94 bits per heavy atom. The average Bonchev–Trinajstić information content (AvgIpc) is 2.22. The number of rotatable bonds is 2. The van der Waals surface area contributed by atoms with Gasteiger partial charge in [0, 0.05) is 10.7 Å². The van der Waals surface area contributed by atoms with Crippen molar-refractivity contribution < 1.29 is 0 Å². The molecule has 0 amide bonds. The molecule has 0 bridgehead atoms. The fraction of sp³-hybridized carbons (Fsp3) is 0.100. The predicted octanol–water partition coefficient (Wildman–Crippen LogP) is 2.81. The summed E-state index contributed by atoms with van der Waals surface area (Å²) in [5.74, 6) is 0.347. The summed E-state index contributed by atoms with van der Waals surface area (Å²) in [7, 11) is 0. The number of nitrogen functional groups attached to an aromatic ring is 1. The van der Waals surface area contributed by atoms with E-state index in [0.29, 0.717) is 5.02 Å². The second kappa shape index (κ2) is 4.73. The maximum atomic E-state index is 5.90. The molecule has 0 unspecified atom stereocenters. The van der Waals surface area contributed by atoms with E-state index in [-0.39, 0.29) is 17.2 Å². The molecule has 5 nitrogen and oxygen atoms in total.